The average Bonchev–Trinajstić information content (AvgIpc) is 0. The van der Waals surface area contributed by atoms with Gasteiger partial charge in [-0.1, -0.05) is 0 Å². The maximum Gasteiger partial charge on any atom is 0 e. The van der Waals surface area contributed by atoms with Crippen molar-refractivity contribution in [2.45, 2.75) is 0 Å². The number of hydrogen-bond donors (Lipinski definition) is 0. The molecule has 30 valence electrons. The van der Waals surface area contributed by atoms with Gasteiger partial charge in [0.25, 0.3) is 0 Å². The predicted molar refractivity (Wildman–Crippen MR) is 5.75 cm³/mol. The van der Waals surface area contributed by atoms with Crippen LogP contribution in [0.3, 0.4) is 0 Å². The number of rotatable bonds is 0. The van der Waals surface area contributed by atoms with Crippen molar-refractivity contribution in [1.82, 2.24) is 0 Å². The van der Waals surface area contributed by atoms with Crippen molar-refractivity contribution in [2.75, 3.05) is 0 Å². The molecule has 0 aromatic carbocycles. The Morgan fingerprint density at radius 2 is 1.00 bits per heavy atom. The van der Waals surface area contributed by atoms with Crippen molar-refractivity contribution in [1.29, 1.82) is 0 Å². The molecule has 0 N–H and O–H groups in total. The van der Waals surface area contributed by atoms with Crippen LogP contribution in [-0.2, 0) is 54.6 Å². The molecule has 4 heteroatoms. The van der Waals surface area contributed by atoms with E-state index in [4.69, 9.17) is 0 Å². The van der Waals surface area contributed by atoms with Crippen molar-refractivity contribution < 1.29 is 54.6 Å². The van der Waals surface area contributed by atoms with Crippen LogP contribution in [0.25, 0.3) is 0 Å². The van der Waals surface area contributed by atoms with Gasteiger partial charge in [-0.2, -0.15) is 0 Å². The summed E-state index contributed by atoms with van der Waals surface area (Å²) in [4.78, 5) is 0. The van der Waals surface area contributed by atoms with Gasteiger partial charge in [0.1, 0.15) is 0 Å². The maximum absolute atomic E-state index is 0. The summed E-state index contributed by atoms with van der Waals surface area (Å²) in [6.07, 6.45) is 0. The van der Waals surface area contributed by atoms with Gasteiger partial charge in [-0.15, -0.1) is 0 Å². The van der Waals surface area contributed by atoms with Crippen LogP contribution in [0.15, 0.2) is 0 Å². The molecule has 0 aliphatic heterocycles. The Morgan fingerprint density at radius 3 is 1.00 bits per heavy atom. The molecule has 0 aromatic heterocycles. The molecule has 4 radical (unpaired) electrons. The zero-order valence-corrected chi connectivity index (χ0v) is 5.54. The van der Waals surface area contributed by atoms with Crippen LogP contribution in [-0.4, -0.2) is 8.41 Å². The van der Waals surface area contributed by atoms with Crippen molar-refractivity contribution in [2.24, 2.45) is 0 Å². The Morgan fingerprint density at radius 1 is 1.00 bits per heavy atom. The fraction of sp³-hybridized carbons (Fsp3) is 0. The Kier molecular flexibility index (Phi) is 227. The third-order valence-corrected chi connectivity index (χ3v) is 0. The predicted octanol–water partition coefficient (Wildman–Crippen LogP) is -0.388. The Hall–Kier alpha value is 1.77. The molecule has 0 spiro atoms. The third-order valence-electron chi connectivity index (χ3n) is 0. The summed E-state index contributed by atoms with van der Waals surface area (Å²) in [5.41, 5.74) is 0. The molecule has 0 aliphatic rings. The zero-order valence-electron chi connectivity index (χ0n) is 1.60. The van der Waals surface area contributed by atoms with Gasteiger partial charge < -0.3 is 0 Å². The maximum atomic E-state index is 0. The van der Waals surface area contributed by atoms with E-state index in [9.17, 15) is 0 Å². The van der Waals surface area contributed by atoms with Crippen molar-refractivity contribution in [3.8, 4) is 0 Å². The summed E-state index contributed by atoms with van der Waals surface area (Å²) >= 11 is 0. The number of hydrogen-bond acceptors (Lipinski definition) is 0. The van der Waals surface area contributed by atoms with E-state index in [1.54, 1.807) is 0 Å². The zero-order chi connectivity index (χ0) is 0. The molecule has 0 unspecified atom stereocenters. The topological polar surface area (TPSA) is 0 Å². The molecule has 0 atom stereocenters. The summed E-state index contributed by atoms with van der Waals surface area (Å²) in [7, 11) is 0. The van der Waals surface area contributed by atoms with E-state index < -0.39 is 0 Å². The van der Waals surface area contributed by atoms with Gasteiger partial charge in [-0.05, 0) is 0 Å². The quantitative estimate of drug-likeness (QED) is 0.496. The van der Waals surface area contributed by atoms with Crippen molar-refractivity contribution >= 4 is 8.41 Å². The monoisotopic (exact) mass is 230 g/mol. The average molecular weight is 229 g/mol. The van der Waals surface area contributed by atoms with Crippen LogP contribution in [0.5, 0.6) is 0 Å². The first-order valence-corrected chi connectivity index (χ1v) is 0. The van der Waals surface area contributed by atoms with Crippen LogP contribution < -0.4 is 0 Å². The molecular weight excluding hydrogens is 229 g/mol. The second kappa shape index (κ2) is 21.7. The van der Waals surface area contributed by atoms with E-state index in [0.717, 1.165) is 0 Å². The van der Waals surface area contributed by atoms with Crippen LogP contribution in [0.4, 0.5) is 0 Å². The molecular formula is BCuMoNi. The second-order valence-electron chi connectivity index (χ2n) is 0. The summed E-state index contributed by atoms with van der Waals surface area (Å²) in [5.74, 6) is 0. The molecule has 0 fully saturated rings. The molecule has 0 rings (SSSR count). The van der Waals surface area contributed by atoms with Gasteiger partial charge in [0.05, 0.1) is 0 Å². The molecule has 0 amide bonds. The minimum absolute atomic E-state index is 0. The summed E-state index contributed by atoms with van der Waals surface area (Å²) in [5, 5.41) is 0. The molecule has 0 nitrogen and oxygen atoms in total. The Labute approximate surface area is 62.7 Å². The molecule has 0 aromatic rings. The normalized spacial score (nSPS) is 0. The fourth-order valence-electron chi connectivity index (χ4n) is 0. The molecule has 0 saturated heterocycles. The third kappa shape index (κ3) is 9.24. The van der Waals surface area contributed by atoms with E-state index in [2.05, 4.69) is 0 Å². The Balaban J connectivity index is 0. The minimum atomic E-state index is 0. The van der Waals surface area contributed by atoms with Crippen LogP contribution in [0, 0.1) is 0 Å². The van der Waals surface area contributed by atoms with Crippen LogP contribution >= 0.6 is 0 Å². The first-order chi connectivity index (χ1) is 0. The SMILES string of the molecule is [B].[Cu].[Mo].[Ni]. The van der Waals surface area contributed by atoms with Gasteiger partial charge in [0.15, 0.2) is 0 Å². The summed E-state index contributed by atoms with van der Waals surface area (Å²) in [6, 6.07) is 0. The van der Waals surface area contributed by atoms with Gasteiger partial charge in [0.2, 0.25) is 0 Å². The smallest absolute Gasteiger partial charge is 0 e. The van der Waals surface area contributed by atoms with E-state index in [-0.39, 0.29) is 63.0 Å². The molecule has 0 bridgehead atoms. The summed E-state index contributed by atoms with van der Waals surface area (Å²) in [6.45, 7) is 0. The first-order valence-electron chi connectivity index (χ1n) is 0. The van der Waals surface area contributed by atoms with Crippen LogP contribution in [0.1, 0.15) is 0 Å². The second-order valence-corrected chi connectivity index (χ2v) is 0. The fourth-order valence-corrected chi connectivity index (χ4v) is 0. The first kappa shape index (κ1) is 42.0. The van der Waals surface area contributed by atoms with E-state index in [1.807, 2.05) is 0 Å². The van der Waals surface area contributed by atoms with Gasteiger partial charge in [-0.25, -0.2) is 0 Å². The standard InChI is InChI=1S/B.Cu.Mo.Ni. The van der Waals surface area contributed by atoms with E-state index >= 15 is 0 Å². The van der Waals surface area contributed by atoms with Crippen LogP contribution in [0.2, 0.25) is 0 Å². The van der Waals surface area contributed by atoms with Crippen molar-refractivity contribution in [3.63, 3.8) is 0 Å². The molecule has 0 aliphatic carbocycles. The Bertz CT molecular complexity index is 8.00. The van der Waals surface area contributed by atoms with Crippen molar-refractivity contribution in [3.05, 3.63) is 0 Å². The van der Waals surface area contributed by atoms with E-state index in [1.165, 1.54) is 0 Å². The van der Waals surface area contributed by atoms with Gasteiger partial charge in [0, 0.05) is 63.0 Å². The van der Waals surface area contributed by atoms with Gasteiger partial charge in [-0.3, -0.25) is 0 Å². The largest absolute Gasteiger partial charge is 0 e. The summed E-state index contributed by atoms with van der Waals surface area (Å²) < 4.78 is 0. The van der Waals surface area contributed by atoms with Gasteiger partial charge >= 0.3 is 0 Å². The molecule has 4 heavy (non-hydrogen) atoms. The minimum Gasteiger partial charge on any atom is 0 e. The van der Waals surface area contributed by atoms with E-state index in [0.29, 0.717) is 0 Å². The molecule has 0 saturated carbocycles. The molecule has 0 heterocycles.